The van der Waals surface area contributed by atoms with Crippen molar-refractivity contribution in [2.45, 2.75) is 25.8 Å². The molecule has 1 aromatic rings. The third-order valence-corrected chi connectivity index (χ3v) is 2.56. The highest BCUT2D eigenvalue weighted by Crippen LogP contribution is 2.20. The summed E-state index contributed by atoms with van der Waals surface area (Å²) in [6.07, 6.45) is -5.26. The summed E-state index contributed by atoms with van der Waals surface area (Å²) in [5, 5.41) is 5.22. The summed E-state index contributed by atoms with van der Waals surface area (Å²) in [6.45, 7) is -3.21. The van der Waals surface area contributed by atoms with E-state index in [2.05, 4.69) is 20.4 Å². The number of nitrogens with one attached hydrogen (secondary N) is 2. The van der Waals surface area contributed by atoms with Gasteiger partial charge in [0.15, 0.2) is 5.96 Å². The van der Waals surface area contributed by atoms with E-state index in [1.807, 2.05) is 0 Å². The number of guanidine groups is 1. The number of nitrogens with zero attached hydrogens (tertiary/aromatic N) is 1. The van der Waals surface area contributed by atoms with Crippen molar-refractivity contribution in [2.24, 2.45) is 4.99 Å². The Bertz CT molecular complexity index is 491. The lowest BCUT2D eigenvalue weighted by atomic mass is 10.2. The lowest BCUT2D eigenvalue weighted by molar-refractivity contribution is -0.132. The molecule has 0 aromatic heterocycles. The van der Waals surface area contributed by atoms with Crippen molar-refractivity contribution in [3.05, 3.63) is 29.8 Å². The van der Waals surface area contributed by atoms with Gasteiger partial charge in [-0.2, -0.15) is 22.0 Å². The van der Waals surface area contributed by atoms with E-state index in [0.717, 1.165) is 0 Å². The Morgan fingerprint density at radius 3 is 2.50 bits per heavy atom. The molecule has 4 nitrogen and oxygen atoms in total. The summed E-state index contributed by atoms with van der Waals surface area (Å²) < 4.78 is 65.0. The maximum absolute atomic E-state index is 12.3. The number of benzene rings is 1. The molecular formula is C13H16F5N3O. The van der Waals surface area contributed by atoms with Gasteiger partial charge in [-0.15, -0.1) is 0 Å². The Hall–Kier alpha value is -2.06. The van der Waals surface area contributed by atoms with E-state index in [9.17, 15) is 22.0 Å². The van der Waals surface area contributed by atoms with E-state index < -0.39 is 19.2 Å². The lowest BCUT2D eigenvalue weighted by Crippen LogP contribution is -2.38. The topological polar surface area (TPSA) is 45.7 Å². The van der Waals surface area contributed by atoms with Gasteiger partial charge in [0.1, 0.15) is 5.75 Å². The minimum absolute atomic E-state index is 0.00394. The fourth-order valence-electron chi connectivity index (χ4n) is 1.58. The zero-order valence-electron chi connectivity index (χ0n) is 11.8. The first-order valence-corrected chi connectivity index (χ1v) is 6.36. The van der Waals surface area contributed by atoms with Crippen molar-refractivity contribution < 1.29 is 26.7 Å². The van der Waals surface area contributed by atoms with E-state index >= 15 is 0 Å². The minimum atomic E-state index is -4.26. The van der Waals surface area contributed by atoms with E-state index in [0.29, 0.717) is 5.56 Å². The Morgan fingerprint density at radius 1 is 1.23 bits per heavy atom. The molecule has 124 valence electrons. The Balaban J connectivity index is 2.53. The van der Waals surface area contributed by atoms with Crippen LogP contribution in [0, 0.1) is 0 Å². The Kier molecular flexibility index (Phi) is 6.87. The van der Waals surface area contributed by atoms with E-state index in [1.54, 1.807) is 12.1 Å². The highest BCUT2D eigenvalue weighted by atomic mass is 19.4. The number of hydrogen-bond donors (Lipinski definition) is 2. The maximum atomic E-state index is 12.3. The number of halogens is 5. The third kappa shape index (κ3) is 7.09. The molecule has 0 atom stereocenters. The number of para-hydroxylation sites is 1. The minimum Gasteiger partial charge on any atom is -0.434 e. The summed E-state index contributed by atoms with van der Waals surface area (Å²) >= 11 is 0. The fraction of sp³-hybridized carbons (Fsp3) is 0.462. The van der Waals surface area contributed by atoms with Crippen LogP contribution in [0.2, 0.25) is 0 Å². The molecule has 0 aliphatic heterocycles. The highest BCUT2D eigenvalue weighted by molar-refractivity contribution is 5.79. The van der Waals surface area contributed by atoms with Crippen LogP contribution in [0.1, 0.15) is 12.0 Å². The van der Waals surface area contributed by atoms with Gasteiger partial charge in [-0.05, 0) is 6.07 Å². The zero-order valence-corrected chi connectivity index (χ0v) is 11.8. The van der Waals surface area contributed by atoms with Gasteiger partial charge in [0.05, 0.1) is 6.42 Å². The van der Waals surface area contributed by atoms with Crippen LogP contribution in [0.15, 0.2) is 29.3 Å². The number of hydrogen-bond acceptors (Lipinski definition) is 2. The zero-order chi connectivity index (χ0) is 16.6. The standard InChI is InChI=1S/C13H16F5N3O/c1-19-12(20-7-6-13(16,17)18)21-8-9-4-2-3-5-10(9)22-11(14)15/h2-5,11H,6-8H2,1H3,(H2,19,20,21). The molecule has 0 amide bonds. The van der Waals surface area contributed by atoms with Gasteiger partial charge in [0.2, 0.25) is 0 Å². The molecule has 0 saturated heterocycles. The first-order valence-electron chi connectivity index (χ1n) is 6.36. The summed E-state index contributed by atoms with van der Waals surface area (Å²) in [7, 11) is 1.39. The van der Waals surface area contributed by atoms with Gasteiger partial charge in [-0.25, -0.2) is 0 Å². The molecule has 0 spiro atoms. The van der Waals surface area contributed by atoms with E-state index in [-0.39, 0.29) is 24.8 Å². The SMILES string of the molecule is CN=C(NCCC(F)(F)F)NCc1ccccc1OC(F)F. The number of alkyl halides is 5. The first-order chi connectivity index (χ1) is 10.3. The van der Waals surface area contributed by atoms with Gasteiger partial charge in [0.25, 0.3) is 0 Å². The average molecular weight is 325 g/mol. The fourth-order valence-corrected chi connectivity index (χ4v) is 1.58. The monoisotopic (exact) mass is 325 g/mol. The van der Waals surface area contributed by atoms with Crippen LogP contribution in [0.25, 0.3) is 0 Å². The molecule has 0 bridgehead atoms. The molecule has 9 heteroatoms. The van der Waals surface area contributed by atoms with E-state index in [1.165, 1.54) is 19.2 Å². The molecule has 0 unspecified atom stereocenters. The lowest BCUT2D eigenvalue weighted by Gasteiger charge is -2.15. The molecule has 2 N–H and O–H groups in total. The molecule has 0 aliphatic carbocycles. The van der Waals surface area contributed by atoms with Crippen LogP contribution in [-0.2, 0) is 6.54 Å². The number of aliphatic imine (C=N–C) groups is 1. The van der Waals surface area contributed by atoms with Crippen molar-refractivity contribution in [1.29, 1.82) is 0 Å². The smallest absolute Gasteiger partial charge is 0.390 e. The molecule has 0 saturated carbocycles. The second-order valence-electron chi connectivity index (χ2n) is 4.20. The predicted octanol–water partition coefficient (Wildman–Crippen LogP) is 2.91. The molecule has 0 radical (unpaired) electrons. The average Bonchev–Trinajstić information content (AvgIpc) is 2.42. The van der Waals surface area contributed by atoms with Gasteiger partial charge in [0, 0.05) is 25.7 Å². The predicted molar refractivity (Wildman–Crippen MR) is 71.9 cm³/mol. The molecule has 22 heavy (non-hydrogen) atoms. The van der Waals surface area contributed by atoms with Gasteiger partial charge < -0.3 is 15.4 Å². The van der Waals surface area contributed by atoms with Crippen LogP contribution < -0.4 is 15.4 Å². The molecule has 0 heterocycles. The van der Waals surface area contributed by atoms with Crippen molar-refractivity contribution in [3.8, 4) is 5.75 Å². The molecule has 0 fully saturated rings. The quantitative estimate of drug-likeness (QED) is 0.480. The van der Waals surface area contributed by atoms with Gasteiger partial charge >= 0.3 is 12.8 Å². The van der Waals surface area contributed by atoms with Crippen molar-refractivity contribution in [2.75, 3.05) is 13.6 Å². The summed E-state index contributed by atoms with van der Waals surface area (Å²) in [6, 6.07) is 6.11. The van der Waals surface area contributed by atoms with Crippen molar-refractivity contribution in [3.63, 3.8) is 0 Å². The largest absolute Gasteiger partial charge is 0.434 e. The second kappa shape index (κ2) is 8.40. The highest BCUT2D eigenvalue weighted by Gasteiger charge is 2.26. The van der Waals surface area contributed by atoms with Gasteiger partial charge in [-0.3, -0.25) is 4.99 Å². The van der Waals surface area contributed by atoms with Gasteiger partial charge in [-0.1, -0.05) is 18.2 Å². The molecule has 1 rings (SSSR count). The van der Waals surface area contributed by atoms with Crippen LogP contribution >= 0.6 is 0 Å². The van der Waals surface area contributed by atoms with Crippen LogP contribution in [0.4, 0.5) is 22.0 Å². The molecule has 1 aromatic carbocycles. The Morgan fingerprint density at radius 2 is 1.91 bits per heavy atom. The maximum Gasteiger partial charge on any atom is 0.390 e. The number of rotatable bonds is 6. The second-order valence-corrected chi connectivity index (χ2v) is 4.20. The third-order valence-electron chi connectivity index (χ3n) is 2.56. The van der Waals surface area contributed by atoms with Crippen LogP contribution in [0.5, 0.6) is 5.75 Å². The van der Waals surface area contributed by atoms with Crippen LogP contribution in [-0.4, -0.2) is 32.3 Å². The molecular weight excluding hydrogens is 309 g/mol. The normalized spacial score (nSPS) is 12.4. The summed E-state index contributed by atoms with van der Waals surface area (Å²) in [5.74, 6) is 0.131. The molecule has 0 aliphatic rings. The van der Waals surface area contributed by atoms with E-state index in [4.69, 9.17) is 0 Å². The Labute approximate surface area is 124 Å². The van der Waals surface area contributed by atoms with Crippen molar-refractivity contribution in [1.82, 2.24) is 10.6 Å². The van der Waals surface area contributed by atoms with Crippen LogP contribution in [0.3, 0.4) is 0 Å². The summed E-state index contributed by atoms with van der Waals surface area (Å²) in [4.78, 5) is 3.75. The van der Waals surface area contributed by atoms with Crippen molar-refractivity contribution >= 4 is 5.96 Å². The first kappa shape index (κ1) is 18.0. The number of ether oxygens (including phenoxy) is 1. The summed E-state index contributed by atoms with van der Waals surface area (Å²) in [5.41, 5.74) is 0.432.